The Balaban J connectivity index is 3.34. The number of benzene rings is 1. The van der Waals surface area contributed by atoms with Gasteiger partial charge in [-0.15, -0.1) is 0 Å². The summed E-state index contributed by atoms with van der Waals surface area (Å²) in [5, 5.41) is 10.8. The monoisotopic (exact) mass is 354 g/mol. The van der Waals surface area contributed by atoms with Crippen molar-refractivity contribution in [2.45, 2.75) is 4.90 Å². The highest BCUT2D eigenvalue weighted by molar-refractivity contribution is 7.89. The van der Waals surface area contributed by atoms with Crippen LogP contribution in [0.2, 0.25) is 10.0 Å². The largest absolute Gasteiger partial charge is 0.478 e. The lowest BCUT2D eigenvalue weighted by Crippen LogP contribution is -2.37. The summed E-state index contributed by atoms with van der Waals surface area (Å²) in [7, 11) is -1.59. The van der Waals surface area contributed by atoms with Crippen LogP contribution in [0.4, 0.5) is 0 Å². The number of carboxylic acid groups (broad SMARTS) is 1. The Morgan fingerprint density at radius 2 is 1.86 bits per heavy atom. The lowest BCUT2D eigenvalue weighted by Gasteiger charge is -2.17. The molecule has 0 aliphatic carbocycles. The number of nitrogens with zero attached hydrogens (tertiary/aromatic N) is 1. The first-order chi connectivity index (χ1) is 9.61. The van der Waals surface area contributed by atoms with Crippen molar-refractivity contribution in [1.29, 1.82) is 0 Å². The zero-order valence-corrected chi connectivity index (χ0v) is 13.4. The number of likely N-dealkylation sites (N-methyl/N-ethyl adjacent to an activating group) is 2. The molecule has 0 fully saturated rings. The highest BCUT2D eigenvalue weighted by Crippen LogP contribution is 2.30. The number of hydrogen-bond donors (Lipinski definition) is 2. The van der Waals surface area contributed by atoms with E-state index in [9.17, 15) is 18.0 Å². The number of carbonyl (C=O) groups excluding carboxylic acids is 1. The molecule has 21 heavy (non-hydrogen) atoms. The van der Waals surface area contributed by atoms with Gasteiger partial charge in [0.1, 0.15) is 4.90 Å². The molecule has 116 valence electrons. The average Bonchev–Trinajstić information content (AvgIpc) is 2.37. The van der Waals surface area contributed by atoms with Crippen LogP contribution in [-0.4, -0.2) is 50.3 Å². The van der Waals surface area contributed by atoms with Crippen LogP contribution in [0.3, 0.4) is 0 Å². The van der Waals surface area contributed by atoms with Crippen LogP contribution >= 0.6 is 23.2 Å². The van der Waals surface area contributed by atoms with E-state index >= 15 is 0 Å². The van der Waals surface area contributed by atoms with Crippen LogP contribution in [0.25, 0.3) is 0 Å². The fourth-order valence-corrected chi connectivity index (χ4v) is 3.38. The summed E-state index contributed by atoms with van der Waals surface area (Å²) in [6, 6.07) is 1.90. The number of carboxylic acids is 1. The van der Waals surface area contributed by atoms with Gasteiger partial charge < -0.3 is 10.4 Å². The van der Waals surface area contributed by atoms with Crippen LogP contribution in [0.5, 0.6) is 0 Å². The summed E-state index contributed by atoms with van der Waals surface area (Å²) >= 11 is 11.5. The maximum absolute atomic E-state index is 12.3. The molecule has 10 heteroatoms. The molecule has 0 unspecified atom stereocenters. The molecular formula is C11H12Cl2N2O5S. The van der Waals surface area contributed by atoms with Gasteiger partial charge in [-0.2, -0.15) is 4.31 Å². The van der Waals surface area contributed by atoms with Crippen molar-refractivity contribution < 1.29 is 23.1 Å². The number of amides is 1. The summed E-state index contributed by atoms with van der Waals surface area (Å²) in [5.41, 5.74) is -0.395. The van der Waals surface area contributed by atoms with Gasteiger partial charge in [0.2, 0.25) is 15.9 Å². The summed E-state index contributed by atoms with van der Waals surface area (Å²) in [6.07, 6.45) is 0. The van der Waals surface area contributed by atoms with Crippen molar-refractivity contribution in [3.05, 3.63) is 27.7 Å². The number of rotatable bonds is 5. The minimum atomic E-state index is -4.13. The van der Waals surface area contributed by atoms with E-state index in [-0.39, 0.29) is 10.0 Å². The molecule has 1 aromatic carbocycles. The van der Waals surface area contributed by atoms with E-state index in [2.05, 4.69) is 5.32 Å². The Kier molecular flexibility index (Phi) is 5.57. The number of hydrogen-bond acceptors (Lipinski definition) is 4. The van der Waals surface area contributed by atoms with Crippen molar-refractivity contribution in [1.82, 2.24) is 9.62 Å². The van der Waals surface area contributed by atoms with Crippen LogP contribution in [0.15, 0.2) is 17.0 Å². The first kappa shape index (κ1) is 17.7. The van der Waals surface area contributed by atoms with E-state index in [0.29, 0.717) is 0 Å². The molecule has 2 N–H and O–H groups in total. The Morgan fingerprint density at radius 1 is 1.29 bits per heavy atom. The molecule has 0 bridgehead atoms. The third-order valence-electron chi connectivity index (χ3n) is 2.59. The van der Waals surface area contributed by atoms with E-state index in [1.165, 1.54) is 14.1 Å². The second kappa shape index (κ2) is 6.61. The lowest BCUT2D eigenvalue weighted by molar-refractivity contribution is -0.120. The minimum absolute atomic E-state index is 0.180. The van der Waals surface area contributed by atoms with Gasteiger partial charge in [0.15, 0.2) is 0 Å². The zero-order chi connectivity index (χ0) is 16.4. The molecule has 1 rings (SSSR count). The smallest absolute Gasteiger partial charge is 0.337 e. The lowest BCUT2D eigenvalue weighted by atomic mass is 10.2. The molecular weight excluding hydrogens is 343 g/mol. The normalized spacial score (nSPS) is 11.5. The molecule has 7 nitrogen and oxygen atoms in total. The second-order valence-corrected chi connectivity index (χ2v) is 6.83. The summed E-state index contributed by atoms with van der Waals surface area (Å²) in [4.78, 5) is 21.8. The van der Waals surface area contributed by atoms with Crippen LogP contribution in [-0.2, 0) is 14.8 Å². The maximum Gasteiger partial charge on any atom is 0.337 e. The fourth-order valence-electron chi connectivity index (χ4n) is 1.42. The number of sulfonamides is 1. The van der Waals surface area contributed by atoms with E-state index < -0.39 is 38.9 Å². The van der Waals surface area contributed by atoms with E-state index in [1.807, 2.05) is 0 Å². The van der Waals surface area contributed by atoms with Gasteiger partial charge in [0.25, 0.3) is 0 Å². The average molecular weight is 355 g/mol. The van der Waals surface area contributed by atoms with Crippen LogP contribution in [0, 0.1) is 0 Å². The van der Waals surface area contributed by atoms with Crippen LogP contribution in [0.1, 0.15) is 10.4 Å². The van der Waals surface area contributed by atoms with Crippen molar-refractivity contribution in [2.24, 2.45) is 0 Å². The number of carbonyl (C=O) groups is 2. The Hall–Kier alpha value is -1.35. The van der Waals surface area contributed by atoms with Gasteiger partial charge in [0.05, 0.1) is 22.2 Å². The molecule has 0 saturated carbocycles. The highest BCUT2D eigenvalue weighted by Gasteiger charge is 2.27. The Bertz CT molecular complexity index is 690. The van der Waals surface area contributed by atoms with E-state index in [4.69, 9.17) is 28.3 Å². The van der Waals surface area contributed by atoms with Gasteiger partial charge in [-0.3, -0.25) is 4.79 Å². The summed E-state index contributed by atoms with van der Waals surface area (Å²) in [6.45, 7) is -0.430. The van der Waals surface area contributed by atoms with Crippen LogP contribution < -0.4 is 5.32 Å². The van der Waals surface area contributed by atoms with Gasteiger partial charge in [-0.25, -0.2) is 13.2 Å². The summed E-state index contributed by atoms with van der Waals surface area (Å²) in [5.74, 6) is -1.91. The topological polar surface area (TPSA) is 104 Å². The molecule has 0 spiro atoms. The highest BCUT2D eigenvalue weighted by atomic mass is 35.5. The molecule has 0 aromatic heterocycles. The second-order valence-electron chi connectivity index (χ2n) is 4.00. The predicted octanol–water partition coefficient (Wildman–Crippen LogP) is 1.06. The summed E-state index contributed by atoms with van der Waals surface area (Å²) < 4.78 is 25.4. The van der Waals surface area contributed by atoms with Crippen molar-refractivity contribution in [3.8, 4) is 0 Å². The van der Waals surface area contributed by atoms with E-state index in [0.717, 1.165) is 16.4 Å². The molecule has 1 amide bonds. The zero-order valence-electron chi connectivity index (χ0n) is 11.1. The maximum atomic E-state index is 12.3. The third kappa shape index (κ3) is 3.85. The molecule has 0 radical (unpaired) electrons. The Labute approximate surface area is 131 Å². The molecule has 0 aliphatic rings. The van der Waals surface area contributed by atoms with Gasteiger partial charge in [0, 0.05) is 14.1 Å². The van der Waals surface area contributed by atoms with Gasteiger partial charge in [-0.05, 0) is 12.1 Å². The molecule has 0 atom stereocenters. The predicted molar refractivity (Wildman–Crippen MR) is 77.3 cm³/mol. The first-order valence-electron chi connectivity index (χ1n) is 5.50. The molecule has 0 heterocycles. The standard InChI is InChI=1S/C11H12Cl2N2O5S/c1-14-10(16)5-15(2)21(19,20)9-3-6(11(17)18)7(12)4-8(9)13/h3-4H,5H2,1-2H3,(H,14,16)(H,17,18). The molecule has 0 saturated heterocycles. The number of aromatic carboxylic acids is 1. The quantitative estimate of drug-likeness (QED) is 0.822. The van der Waals surface area contributed by atoms with Crippen molar-refractivity contribution in [3.63, 3.8) is 0 Å². The first-order valence-corrected chi connectivity index (χ1v) is 7.70. The van der Waals surface area contributed by atoms with Gasteiger partial charge in [-0.1, -0.05) is 23.2 Å². The fraction of sp³-hybridized carbons (Fsp3) is 0.273. The SMILES string of the molecule is CNC(=O)CN(C)S(=O)(=O)c1cc(C(=O)O)c(Cl)cc1Cl. The number of halogens is 2. The molecule has 0 aliphatic heterocycles. The Morgan fingerprint density at radius 3 is 2.33 bits per heavy atom. The third-order valence-corrected chi connectivity index (χ3v) is 5.17. The number of nitrogens with one attached hydrogen (secondary N) is 1. The van der Waals surface area contributed by atoms with Gasteiger partial charge >= 0.3 is 5.97 Å². The minimum Gasteiger partial charge on any atom is -0.478 e. The van der Waals surface area contributed by atoms with E-state index in [1.54, 1.807) is 0 Å². The van der Waals surface area contributed by atoms with Crippen molar-refractivity contribution >= 4 is 45.1 Å². The van der Waals surface area contributed by atoms with Crippen molar-refractivity contribution in [2.75, 3.05) is 20.6 Å². The molecule has 1 aromatic rings.